The van der Waals surface area contributed by atoms with Gasteiger partial charge < -0.3 is 9.84 Å². The average Bonchev–Trinajstić information content (AvgIpc) is 2.14. The Hall–Kier alpha value is -0.610. The molecular formula is C11H21NO3. The lowest BCUT2D eigenvalue weighted by Gasteiger charge is -2.45. The van der Waals surface area contributed by atoms with E-state index in [0.29, 0.717) is 26.2 Å². The van der Waals surface area contributed by atoms with Gasteiger partial charge in [0.1, 0.15) is 6.04 Å². The molecule has 0 amide bonds. The van der Waals surface area contributed by atoms with E-state index in [0.717, 1.165) is 6.42 Å². The Kier molecular flexibility index (Phi) is 4.11. The van der Waals surface area contributed by atoms with Gasteiger partial charge in [-0.05, 0) is 20.3 Å². The first kappa shape index (κ1) is 12.5. The molecule has 1 aliphatic rings. The summed E-state index contributed by atoms with van der Waals surface area (Å²) < 4.78 is 5.39. The van der Waals surface area contributed by atoms with Crippen LogP contribution in [-0.2, 0) is 9.53 Å². The highest BCUT2D eigenvalue weighted by Gasteiger charge is 2.38. The van der Waals surface area contributed by atoms with Crippen molar-refractivity contribution in [3.63, 3.8) is 0 Å². The Morgan fingerprint density at radius 3 is 2.73 bits per heavy atom. The van der Waals surface area contributed by atoms with Gasteiger partial charge in [-0.2, -0.15) is 0 Å². The zero-order chi connectivity index (χ0) is 11.5. The highest BCUT2D eigenvalue weighted by molar-refractivity contribution is 5.73. The number of carboxylic acids is 1. The number of carbonyl (C=O) groups is 1. The Morgan fingerprint density at radius 1 is 1.60 bits per heavy atom. The molecular weight excluding hydrogens is 194 g/mol. The monoisotopic (exact) mass is 215 g/mol. The number of hydrogen-bond acceptors (Lipinski definition) is 3. The van der Waals surface area contributed by atoms with E-state index in [-0.39, 0.29) is 11.6 Å². The predicted molar refractivity (Wildman–Crippen MR) is 57.9 cm³/mol. The summed E-state index contributed by atoms with van der Waals surface area (Å²) in [6.07, 6.45) is 1.60. The standard InChI is InChI=1S/C11H21NO3/c1-4-5-9(10(13)14)12-6-7-15-8-11(12,2)3/h9H,4-8H2,1-3H3,(H,13,14). The van der Waals surface area contributed by atoms with Crippen LogP contribution in [0.2, 0.25) is 0 Å². The van der Waals surface area contributed by atoms with Crippen molar-refractivity contribution < 1.29 is 14.6 Å². The first-order valence-electron chi connectivity index (χ1n) is 5.56. The smallest absolute Gasteiger partial charge is 0.320 e. The molecule has 0 aromatic heterocycles. The molecule has 1 fully saturated rings. The molecule has 1 rings (SSSR count). The van der Waals surface area contributed by atoms with Gasteiger partial charge in [0.15, 0.2) is 0 Å². The zero-order valence-electron chi connectivity index (χ0n) is 9.82. The topological polar surface area (TPSA) is 49.8 Å². The molecule has 4 heteroatoms. The molecule has 4 nitrogen and oxygen atoms in total. The minimum atomic E-state index is -0.716. The first-order chi connectivity index (χ1) is 6.99. The molecule has 0 aliphatic carbocycles. The third kappa shape index (κ3) is 2.92. The highest BCUT2D eigenvalue weighted by Crippen LogP contribution is 2.23. The van der Waals surface area contributed by atoms with Gasteiger partial charge in [0.05, 0.1) is 13.2 Å². The van der Waals surface area contributed by atoms with Crippen LogP contribution in [0.15, 0.2) is 0 Å². The normalized spacial score (nSPS) is 23.7. The summed E-state index contributed by atoms with van der Waals surface area (Å²) >= 11 is 0. The summed E-state index contributed by atoms with van der Waals surface area (Å²) in [5.74, 6) is -0.716. The Bertz CT molecular complexity index is 228. The van der Waals surface area contributed by atoms with Crippen molar-refractivity contribution in [1.29, 1.82) is 0 Å². The molecule has 0 saturated carbocycles. The van der Waals surface area contributed by atoms with Crippen LogP contribution in [0.3, 0.4) is 0 Å². The number of carboxylic acid groups (broad SMARTS) is 1. The largest absolute Gasteiger partial charge is 0.480 e. The molecule has 1 atom stereocenters. The van der Waals surface area contributed by atoms with E-state index in [9.17, 15) is 9.90 Å². The number of nitrogens with zero attached hydrogens (tertiary/aromatic N) is 1. The first-order valence-corrected chi connectivity index (χ1v) is 5.56. The van der Waals surface area contributed by atoms with Crippen LogP contribution < -0.4 is 0 Å². The van der Waals surface area contributed by atoms with Crippen LogP contribution in [0.4, 0.5) is 0 Å². The second-order valence-electron chi connectivity index (χ2n) is 4.70. The second kappa shape index (κ2) is 4.94. The van der Waals surface area contributed by atoms with Gasteiger partial charge >= 0.3 is 5.97 Å². The van der Waals surface area contributed by atoms with Gasteiger partial charge in [0, 0.05) is 12.1 Å². The van der Waals surface area contributed by atoms with Crippen molar-refractivity contribution in [3.8, 4) is 0 Å². The quantitative estimate of drug-likeness (QED) is 0.769. The molecule has 0 aromatic carbocycles. The van der Waals surface area contributed by atoms with Crippen molar-refractivity contribution in [2.24, 2.45) is 0 Å². The van der Waals surface area contributed by atoms with E-state index in [2.05, 4.69) is 4.90 Å². The van der Waals surface area contributed by atoms with Crippen molar-refractivity contribution in [1.82, 2.24) is 4.90 Å². The lowest BCUT2D eigenvalue weighted by molar-refractivity contribution is -0.152. The molecule has 1 saturated heterocycles. The molecule has 15 heavy (non-hydrogen) atoms. The summed E-state index contributed by atoms with van der Waals surface area (Å²) in [6.45, 7) is 8.06. The minimum Gasteiger partial charge on any atom is -0.480 e. The predicted octanol–water partition coefficient (Wildman–Crippen LogP) is 1.35. The molecule has 88 valence electrons. The van der Waals surface area contributed by atoms with Gasteiger partial charge in [-0.1, -0.05) is 13.3 Å². The maximum atomic E-state index is 11.2. The molecule has 0 bridgehead atoms. The van der Waals surface area contributed by atoms with Crippen LogP contribution in [-0.4, -0.2) is 47.3 Å². The van der Waals surface area contributed by atoms with Crippen LogP contribution >= 0.6 is 0 Å². The van der Waals surface area contributed by atoms with Gasteiger partial charge in [-0.3, -0.25) is 9.69 Å². The minimum absolute atomic E-state index is 0.170. The van der Waals surface area contributed by atoms with Gasteiger partial charge in [-0.15, -0.1) is 0 Å². The van der Waals surface area contributed by atoms with E-state index in [4.69, 9.17) is 4.74 Å². The van der Waals surface area contributed by atoms with Crippen LogP contribution in [0.5, 0.6) is 0 Å². The lowest BCUT2D eigenvalue weighted by atomic mass is 9.97. The SMILES string of the molecule is CCCC(C(=O)O)N1CCOCC1(C)C. The summed E-state index contributed by atoms with van der Waals surface area (Å²) in [7, 11) is 0. The van der Waals surface area contributed by atoms with Gasteiger partial charge in [0.2, 0.25) is 0 Å². The van der Waals surface area contributed by atoms with E-state index in [1.54, 1.807) is 0 Å². The fourth-order valence-electron chi connectivity index (χ4n) is 2.13. The van der Waals surface area contributed by atoms with Gasteiger partial charge in [-0.25, -0.2) is 0 Å². The fourth-order valence-corrected chi connectivity index (χ4v) is 2.13. The van der Waals surface area contributed by atoms with E-state index < -0.39 is 5.97 Å². The van der Waals surface area contributed by atoms with Crippen molar-refractivity contribution >= 4 is 5.97 Å². The van der Waals surface area contributed by atoms with Crippen LogP contribution in [0, 0.1) is 0 Å². The summed E-state index contributed by atoms with van der Waals surface area (Å²) in [5, 5.41) is 9.21. The molecule has 0 spiro atoms. The summed E-state index contributed by atoms with van der Waals surface area (Å²) in [4.78, 5) is 13.3. The number of rotatable bonds is 4. The van der Waals surface area contributed by atoms with E-state index >= 15 is 0 Å². The number of morpholine rings is 1. The Morgan fingerprint density at radius 2 is 2.27 bits per heavy atom. The molecule has 1 N–H and O–H groups in total. The second-order valence-corrected chi connectivity index (χ2v) is 4.70. The maximum Gasteiger partial charge on any atom is 0.320 e. The van der Waals surface area contributed by atoms with Gasteiger partial charge in [0.25, 0.3) is 0 Å². The highest BCUT2D eigenvalue weighted by atomic mass is 16.5. The molecule has 1 heterocycles. The average molecular weight is 215 g/mol. The molecule has 1 unspecified atom stereocenters. The Labute approximate surface area is 91.2 Å². The fraction of sp³-hybridized carbons (Fsp3) is 0.909. The molecule has 0 aromatic rings. The van der Waals surface area contributed by atoms with Crippen LogP contribution in [0.1, 0.15) is 33.6 Å². The number of aliphatic carboxylic acids is 1. The number of hydrogen-bond donors (Lipinski definition) is 1. The Balaban J connectivity index is 2.76. The van der Waals surface area contributed by atoms with E-state index in [1.165, 1.54) is 0 Å². The maximum absolute atomic E-state index is 11.2. The lowest BCUT2D eigenvalue weighted by Crippen LogP contribution is -2.59. The molecule has 0 radical (unpaired) electrons. The van der Waals surface area contributed by atoms with Crippen molar-refractivity contribution in [2.45, 2.75) is 45.2 Å². The van der Waals surface area contributed by atoms with Crippen molar-refractivity contribution in [3.05, 3.63) is 0 Å². The number of ether oxygens (including phenoxy) is 1. The third-order valence-corrected chi connectivity index (χ3v) is 2.93. The molecule has 1 aliphatic heterocycles. The van der Waals surface area contributed by atoms with Crippen molar-refractivity contribution in [2.75, 3.05) is 19.8 Å². The third-order valence-electron chi connectivity index (χ3n) is 2.93. The van der Waals surface area contributed by atoms with Crippen LogP contribution in [0.25, 0.3) is 0 Å². The van der Waals surface area contributed by atoms with E-state index in [1.807, 2.05) is 20.8 Å². The zero-order valence-corrected chi connectivity index (χ0v) is 9.82. The summed E-state index contributed by atoms with van der Waals surface area (Å²) in [6, 6.07) is -0.367. The summed E-state index contributed by atoms with van der Waals surface area (Å²) in [5.41, 5.74) is -0.170.